The predicted molar refractivity (Wildman–Crippen MR) is 61.5 cm³/mol. The third-order valence-corrected chi connectivity index (χ3v) is 2.15. The van der Waals surface area contributed by atoms with Crippen molar-refractivity contribution in [3.8, 4) is 0 Å². The van der Waals surface area contributed by atoms with Crippen LogP contribution in [0.3, 0.4) is 0 Å². The summed E-state index contributed by atoms with van der Waals surface area (Å²) in [6.07, 6.45) is 1.22. The molecule has 3 nitrogen and oxygen atoms in total. The lowest BCUT2D eigenvalue weighted by atomic mass is 10.1. The molecule has 1 rings (SSSR count). The number of ether oxygens (including phenoxy) is 1. The maximum absolute atomic E-state index is 11.5. The molecule has 0 bridgehead atoms. The Morgan fingerprint density at radius 3 is 2.19 bits per heavy atom. The van der Waals surface area contributed by atoms with Crippen molar-refractivity contribution in [3.63, 3.8) is 0 Å². The summed E-state index contributed by atoms with van der Waals surface area (Å²) >= 11 is 0. The summed E-state index contributed by atoms with van der Waals surface area (Å²) in [5.41, 5.74) is 1.01. The van der Waals surface area contributed by atoms with E-state index >= 15 is 0 Å². The maximum atomic E-state index is 11.5. The van der Waals surface area contributed by atoms with Gasteiger partial charge in [0, 0.05) is 5.56 Å². The molecule has 0 amide bonds. The zero-order valence-electron chi connectivity index (χ0n) is 9.40. The molecule has 0 aromatic heterocycles. The standard InChI is InChI=1S/C13H14O3/c1-4-9(2)16-13(15)12-7-5-11(6-8-12)10(3)14/h4-9H,1H2,2-3H3. The SMILES string of the molecule is C=CC(C)OC(=O)c1ccc(C(C)=O)cc1. The van der Waals surface area contributed by atoms with Crippen molar-refractivity contribution in [2.24, 2.45) is 0 Å². The Labute approximate surface area is 94.7 Å². The first-order valence-electron chi connectivity index (χ1n) is 4.99. The Balaban J connectivity index is 2.77. The summed E-state index contributed by atoms with van der Waals surface area (Å²) in [7, 11) is 0. The van der Waals surface area contributed by atoms with Crippen LogP contribution in [0, 0.1) is 0 Å². The van der Waals surface area contributed by atoms with Crippen molar-refractivity contribution >= 4 is 11.8 Å². The van der Waals surface area contributed by atoms with E-state index < -0.39 is 5.97 Å². The maximum Gasteiger partial charge on any atom is 0.338 e. The molecule has 0 aliphatic rings. The van der Waals surface area contributed by atoms with Crippen LogP contribution in [0.2, 0.25) is 0 Å². The van der Waals surface area contributed by atoms with Gasteiger partial charge in [0.2, 0.25) is 0 Å². The lowest BCUT2D eigenvalue weighted by Crippen LogP contribution is -2.12. The number of esters is 1. The highest BCUT2D eigenvalue weighted by molar-refractivity contribution is 5.96. The smallest absolute Gasteiger partial charge is 0.338 e. The van der Waals surface area contributed by atoms with Crippen LogP contribution in [-0.4, -0.2) is 17.9 Å². The van der Waals surface area contributed by atoms with Gasteiger partial charge >= 0.3 is 5.97 Å². The topological polar surface area (TPSA) is 43.4 Å². The highest BCUT2D eigenvalue weighted by atomic mass is 16.5. The van der Waals surface area contributed by atoms with E-state index in [1.807, 2.05) is 0 Å². The van der Waals surface area contributed by atoms with Gasteiger partial charge in [-0.1, -0.05) is 24.8 Å². The quantitative estimate of drug-likeness (QED) is 0.443. The largest absolute Gasteiger partial charge is 0.455 e. The zero-order chi connectivity index (χ0) is 12.1. The van der Waals surface area contributed by atoms with Crippen LogP contribution in [0.15, 0.2) is 36.9 Å². The molecule has 1 atom stereocenters. The van der Waals surface area contributed by atoms with E-state index in [-0.39, 0.29) is 11.9 Å². The molecular formula is C13H14O3. The fourth-order valence-electron chi connectivity index (χ4n) is 1.13. The van der Waals surface area contributed by atoms with Gasteiger partial charge < -0.3 is 4.74 Å². The molecule has 1 unspecified atom stereocenters. The fraction of sp³-hybridized carbons (Fsp3) is 0.231. The van der Waals surface area contributed by atoms with Gasteiger partial charge in [-0.2, -0.15) is 0 Å². The lowest BCUT2D eigenvalue weighted by molar-refractivity contribution is 0.0425. The normalized spacial score (nSPS) is 11.6. The highest BCUT2D eigenvalue weighted by Crippen LogP contribution is 2.08. The number of benzene rings is 1. The van der Waals surface area contributed by atoms with Crippen LogP contribution >= 0.6 is 0 Å². The average Bonchev–Trinajstić information content (AvgIpc) is 2.28. The van der Waals surface area contributed by atoms with Crippen molar-refractivity contribution in [2.45, 2.75) is 20.0 Å². The van der Waals surface area contributed by atoms with Gasteiger partial charge in [-0.3, -0.25) is 4.79 Å². The number of rotatable bonds is 4. The number of hydrogen-bond donors (Lipinski definition) is 0. The number of hydrogen-bond acceptors (Lipinski definition) is 3. The first-order chi connectivity index (χ1) is 7.54. The van der Waals surface area contributed by atoms with Crippen LogP contribution in [0.5, 0.6) is 0 Å². The van der Waals surface area contributed by atoms with Crippen LogP contribution in [0.4, 0.5) is 0 Å². The molecule has 0 N–H and O–H groups in total. The second kappa shape index (κ2) is 5.26. The van der Waals surface area contributed by atoms with Gasteiger partial charge in [0.1, 0.15) is 6.10 Å². The minimum atomic E-state index is -0.414. The summed E-state index contributed by atoms with van der Waals surface area (Å²) in [6.45, 7) is 6.73. The summed E-state index contributed by atoms with van der Waals surface area (Å²) in [6, 6.07) is 6.37. The third kappa shape index (κ3) is 3.05. The molecule has 0 fully saturated rings. The Hall–Kier alpha value is -1.90. The van der Waals surface area contributed by atoms with E-state index in [9.17, 15) is 9.59 Å². The van der Waals surface area contributed by atoms with E-state index in [0.29, 0.717) is 11.1 Å². The monoisotopic (exact) mass is 218 g/mol. The Bertz CT molecular complexity index is 404. The predicted octanol–water partition coefficient (Wildman–Crippen LogP) is 2.62. The minimum absolute atomic E-state index is 0.0284. The molecule has 1 aromatic carbocycles. The molecule has 1 aromatic rings. The Morgan fingerprint density at radius 2 is 1.75 bits per heavy atom. The Kier molecular flexibility index (Phi) is 4.00. The molecule has 0 saturated heterocycles. The van der Waals surface area contributed by atoms with Crippen molar-refractivity contribution in [1.82, 2.24) is 0 Å². The molecular weight excluding hydrogens is 204 g/mol. The molecule has 16 heavy (non-hydrogen) atoms. The molecule has 0 heterocycles. The van der Waals surface area contributed by atoms with Crippen LogP contribution < -0.4 is 0 Å². The van der Waals surface area contributed by atoms with Crippen molar-refractivity contribution in [3.05, 3.63) is 48.0 Å². The first-order valence-corrected chi connectivity index (χ1v) is 4.99. The van der Waals surface area contributed by atoms with E-state index in [2.05, 4.69) is 6.58 Å². The van der Waals surface area contributed by atoms with Gasteiger partial charge in [0.15, 0.2) is 5.78 Å². The first kappa shape index (κ1) is 12.2. The van der Waals surface area contributed by atoms with Crippen LogP contribution in [-0.2, 0) is 4.74 Å². The van der Waals surface area contributed by atoms with Gasteiger partial charge in [-0.05, 0) is 26.0 Å². The van der Waals surface area contributed by atoms with Gasteiger partial charge in [-0.15, -0.1) is 0 Å². The number of carbonyl (C=O) groups excluding carboxylic acids is 2. The molecule has 84 valence electrons. The molecule has 3 heteroatoms. The number of carbonyl (C=O) groups is 2. The van der Waals surface area contributed by atoms with Gasteiger partial charge in [0.25, 0.3) is 0 Å². The van der Waals surface area contributed by atoms with Crippen LogP contribution in [0.1, 0.15) is 34.6 Å². The van der Waals surface area contributed by atoms with E-state index in [1.54, 1.807) is 37.3 Å². The van der Waals surface area contributed by atoms with Crippen molar-refractivity contribution < 1.29 is 14.3 Å². The summed E-state index contributed by atoms with van der Waals surface area (Å²) in [4.78, 5) is 22.6. The Morgan fingerprint density at radius 1 is 1.25 bits per heavy atom. The summed E-state index contributed by atoms with van der Waals surface area (Å²) in [5, 5.41) is 0. The molecule has 0 aliphatic heterocycles. The van der Waals surface area contributed by atoms with Crippen LogP contribution in [0.25, 0.3) is 0 Å². The number of ketones is 1. The summed E-state index contributed by atoms with van der Waals surface area (Å²) in [5.74, 6) is -0.443. The third-order valence-electron chi connectivity index (χ3n) is 2.15. The van der Waals surface area contributed by atoms with Crippen molar-refractivity contribution in [1.29, 1.82) is 0 Å². The minimum Gasteiger partial charge on any atom is -0.455 e. The average molecular weight is 218 g/mol. The molecule has 0 saturated carbocycles. The molecule has 0 spiro atoms. The molecule has 0 aliphatic carbocycles. The zero-order valence-corrected chi connectivity index (χ0v) is 9.40. The van der Waals surface area contributed by atoms with Gasteiger partial charge in [-0.25, -0.2) is 4.79 Å². The lowest BCUT2D eigenvalue weighted by Gasteiger charge is -2.08. The summed E-state index contributed by atoms with van der Waals surface area (Å²) < 4.78 is 5.04. The second-order valence-corrected chi connectivity index (χ2v) is 3.48. The van der Waals surface area contributed by atoms with Gasteiger partial charge in [0.05, 0.1) is 5.56 Å². The van der Waals surface area contributed by atoms with E-state index in [0.717, 1.165) is 0 Å². The van der Waals surface area contributed by atoms with E-state index in [4.69, 9.17) is 4.74 Å². The number of Topliss-reactive ketones (excluding diaryl/α,β-unsaturated/α-hetero) is 1. The molecule has 0 radical (unpaired) electrons. The van der Waals surface area contributed by atoms with Crippen molar-refractivity contribution in [2.75, 3.05) is 0 Å². The van der Waals surface area contributed by atoms with E-state index in [1.165, 1.54) is 6.92 Å². The second-order valence-electron chi connectivity index (χ2n) is 3.48. The highest BCUT2D eigenvalue weighted by Gasteiger charge is 2.10. The fourth-order valence-corrected chi connectivity index (χ4v) is 1.13.